The summed E-state index contributed by atoms with van der Waals surface area (Å²) in [5.41, 5.74) is 1.02. The molecular formula is C13H20N2O3S. The average molecular weight is 284 g/mol. The summed E-state index contributed by atoms with van der Waals surface area (Å²) in [6.07, 6.45) is 0.653. The van der Waals surface area contributed by atoms with Gasteiger partial charge in [-0.25, -0.2) is 8.42 Å². The van der Waals surface area contributed by atoms with Crippen LogP contribution in [0.25, 0.3) is 0 Å². The molecule has 0 bridgehead atoms. The van der Waals surface area contributed by atoms with Gasteiger partial charge in [0.1, 0.15) is 5.75 Å². The molecule has 1 aromatic rings. The van der Waals surface area contributed by atoms with Crippen molar-refractivity contribution in [2.75, 3.05) is 36.8 Å². The Morgan fingerprint density at radius 1 is 1.11 bits per heavy atom. The van der Waals surface area contributed by atoms with Crippen LogP contribution in [0.3, 0.4) is 0 Å². The summed E-state index contributed by atoms with van der Waals surface area (Å²) in [5, 5.41) is 9.26. The van der Waals surface area contributed by atoms with Gasteiger partial charge in [0.25, 0.3) is 0 Å². The van der Waals surface area contributed by atoms with E-state index >= 15 is 0 Å². The van der Waals surface area contributed by atoms with Gasteiger partial charge < -0.3 is 10.0 Å². The van der Waals surface area contributed by atoms with Gasteiger partial charge in [0.2, 0.25) is 10.0 Å². The SMILES string of the molecule is CCCS(=O)(=O)N1CCN(c2ccc(O)cc2)CC1. The van der Waals surface area contributed by atoms with Crippen molar-refractivity contribution in [3.05, 3.63) is 24.3 Å². The maximum atomic E-state index is 11.9. The third-order valence-electron chi connectivity index (χ3n) is 3.31. The van der Waals surface area contributed by atoms with E-state index in [1.807, 2.05) is 19.1 Å². The van der Waals surface area contributed by atoms with Crippen LogP contribution in [0.2, 0.25) is 0 Å². The van der Waals surface area contributed by atoms with Crippen molar-refractivity contribution in [1.82, 2.24) is 4.31 Å². The summed E-state index contributed by atoms with van der Waals surface area (Å²) in [7, 11) is -3.08. The minimum Gasteiger partial charge on any atom is -0.508 e. The van der Waals surface area contributed by atoms with Gasteiger partial charge in [-0.15, -0.1) is 0 Å². The van der Waals surface area contributed by atoms with Crippen molar-refractivity contribution < 1.29 is 13.5 Å². The Kier molecular flexibility index (Phi) is 4.31. The van der Waals surface area contributed by atoms with Crippen LogP contribution >= 0.6 is 0 Å². The predicted octanol–water partition coefficient (Wildman–Crippen LogP) is 1.25. The van der Waals surface area contributed by atoms with Gasteiger partial charge in [-0.2, -0.15) is 4.31 Å². The summed E-state index contributed by atoms with van der Waals surface area (Å²) in [6.45, 7) is 4.32. The second kappa shape index (κ2) is 5.79. The number of aromatic hydroxyl groups is 1. The zero-order chi connectivity index (χ0) is 13.9. The molecule has 106 valence electrons. The highest BCUT2D eigenvalue weighted by molar-refractivity contribution is 7.89. The zero-order valence-corrected chi connectivity index (χ0v) is 11.9. The number of phenolic OH excluding ortho intramolecular Hbond substituents is 1. The molecule has 0 aliphatic carbocycles. The van der Waals surface area contributed by atoms with E-state index in [0.717, 1.165) is 5.69 Å². The van der Waals surface area contributed by atoms with E-state index in [-0.39, 0.29) is 11.5 Å². The third-order valence-corrected chi connectivity index (χ3v) is 5.39. The molecule has 0 saturated carbocycles. The van der Waals surface area contributed by atoms with E-state index in [4.69, 9.17) is 0 Å². The van der Waals surface area contributed by atoms with Crippen LogP contribution in [-0.4, -0.2) is 49.8 Å². The number of piperazine rings is 1. The lowest BCUT2D eigenvalue weighted by Gasteiger charge is -2.35. The fourth-order valence-electron chi connectivity index (χ4n) is 2.27. The third kappa shape index (κ3) is 3.39. The van der Waals surface area contributed by atoms with Crippen LogP contribution in [0.15, 0.2) is 24.3 Å². The molecule has 1 N–H and O–H groups in total. The molecule has 1 saturated heterocycles. The largest absolute Gasteiger partial charge is 0.508 e. The molecule has 6 heteroatoms. The molecule has 1 aromatic carbocycles. The quantitative estimate of drug-likeness (QED) is 0.904. The van der Waals surface area contributed by atoms with E-state index in [9.17, 15) is 13.5 Å². The topological polar surface area (TPSA) is 60.9 Å². The molecule has 1 aliphatic rings. The second-order valence-electron chi connectivity index (χ2n) is 4.72. The van der Waals surface area contributed by atoms with Crippen LogP contribution in [-0.2, 0) is 10.0 Å². The van der Waals surface area contributed by atoms with E-state index in [1.54, 1.807) is 16.4 Å². The van der Waals surface area contributed by atoms with Crippen molar-refractivity contribution >= 4 is 15.7 Å². The van der Waals surface area contributed by atoms with Gasteiger partial charge in [0, 0.05) is 31.9 Å². The van der Waals surface area contributed by atoms with Gasteiger partial charge in [-0.05, 0) is 30.7 Å². The fraction of sp³-hybridized carbons (Fsp3) is 0.538. The number of nitrogens with zero attached hydrogens (tertiary/aromatic N) is 2. The first kappa shape index (κ1) is 14.1. The highest BCUT2D eigenvalue weighted by Crippen LogP contribution is 2.20. The minimum absolute atomic E-state index is 0.228. The Balaban J connectivity index is 1.98. The number of phenols is 1. The molecule has 0 radical (unpaired) electrons. The van der Waals surface area contributed by atoms with E-state index in [0.29, 0.717) is 32.6 Å². The first-order chi connectivity index (χ1) is 9.03. The standard InChI is InChI=1S/C13H20N2O3S/c1-2-11-19(17,18)15-9-7-14(8-10-15)12-3-5-13(16)6-4-12/h3-6,16H,2,7-11H2,1H3. The second-order valence-corrected chi connectivity index (χ2v) is 6.81. The van der Waals surface area contributed by atoms with E-state index < -0.39 is 10.0 Å². The van der Waals surface area contributed by atoms with Gasteiger partial charge in [-0.3, -0.25) is 0 Å². The average Bonchev–Trinajstić information content (AvgIpc) is 2.40. The van der Waals surface area contributed by atoms with Crippen LogP contribution in [0, 0.1) is 0 Å². The Bertz CT molecular complexity index is 505. The molecule has 19 heavy (non-hydrogen) atoms. The van der Waals surface area contributed by atoms with Crippen molar-refractivity contribution in [3.63, 3.8) is 0 Å². The normalized spacial score (nSPS) is 17.6. The Labute approximate surface area is 114 Å². The number of hydrogen-bond acceptors (Lipinski definition) is 4. The van der Waals surface area contributed by atoms with Crippen LogP contribution in [0.1, 0.15) is 13.3 Å². The lowest BCUT2D eigenvalue weighted by Crippen LogP contribution is -2.49. The predicted molar refractivity (Wildman–Crippen MR) is 76.0 cm³/mol. The molecular weight excluding hydrogens is 264 g/mol. The molecule has 2 rings (SSSR count). The molecule has 0 unspecified atom stereocenters. The first-order valence-corrected chi connectivity index (χ1v) is 8.15. The number of benzene rings is 1. The Morgan fingerprint density at radius 3 is 2.21 bits per heavy atom. The summed E-state index contributed by atoms with van der Waals surface area (Å²) in [4.78, 5) is 2.14. The number of sulfonamides is 1. The summed E-state index contributed by atoms with van der Waals surface area (Å²) >= 11 is 0. The monoisotopic (exact) mass is 284 g/mol. The smallest absolute Gasteiger partial charge is 0.214 e. The summed E-state index contributed by atoms with van der Waals surface area (Å²) in [6, 6.07) is 7.00. The number of hydrogen-bond donors (Lipinski definition) is 1. The molecule has 0 spiro atoms. The maximum absolute atomic E-state index is 11.9. The van der Waals surface area contributed by atoms with Crippen LogP contribution < -0.4 is 4.90 Å². The molecule has 0 atom stereocenters. The van der Waals surface area contributed by atoms with Gasteiger partial charge in [-0.1, -0.05) is 6.92 Å². The van der Waals surface area contributed by atoms with E-state index in [1.165, 1.54) is 0 Å². The van der Waals surface area contributed by atoms with Gasteiger partial charge in [0.15, 0.2) is 0 Å². The van der Waals surface area contributed by atoms with Crippen molar-refractivity contribution in [3.8, 4) is 5.75 Å². The Hall–Kier alpha value is -1.27. The molecule has 1 fully saturated rings. The summed E-state index contributed by atoms with van der Waals surface area (Å²) in [5.74, 6) is 0.472. The van der Waals surface area contributed by atoms with Crippen LogP contribution in [0.4, 0.5) is 5.69 Å². The van der Waals surface area contributed by atoms with Gasteiger partial charge >= 0.3 is 0 Å². The maximum Gasteiger partial charge on any atom is 0.214 e. The molecule has 0 aromatic heterocycles. The van der Waals surface area contributed by atoms with Crippen molar-refractivity contribution in [2.24, 2.45) is 0 Å². The first-order valence-electron chi connectivity index (χ1n) is 6.55. The molecule has 1 heterocycles. The van der Waals surface area contributed by atoms with Crippen molar-refractivity contribution in [2.45, 2.75) is 13.3 Å². The van der Waals surface area contributed by atoms with E-state index in [2.05, 4.69) is 4.90 Å². The van der Waals surface area contributed by atoms with Crippen molar-refractivity contribution in [1.29, 1.82) is 0 Å². The highest BCUT2D eigenvalue weighted by atomic mass is 32.2. The molecule has 0 amide bonds. The lowest BCUT2D eigenvalue weighted by molar-refractivity contribution is 0.384. The fourth-order valence-corrected chi connectivity index (χ4v) is 3.77. The zero-order valence-electron chi connectivity index (χ0n) is 11.1. The highest BCUT2D eigenvalue weighted by Gasteiger charge is 2.26. The summed E-state index contributed by atoms with van der Waals surface area (Å²) < 4.78 is 25.5. The molecule has 1 aliphatic heterocycles. The Morgan fingerprint density at radius 2 is 1.68 bits per heavy atom. The van der Waals surface area contributed by atoms with Gasteiger partial charge in [0.05, 0.1) is 5.75 Å². The minimum atomic E-state index is -3.08. The lowest BCUT2D eigenvalue weighted by atomic mass is 10.2. The number of anilines is 1. The molecule has 5 nitrogen and oxygen atoms in total. The van der Waals surface area contributed by atoms with Crippen LogP contribution in [0.5, 0.6) is 5.75 Å². The number of rotatable bonds is 4.